The number of nitrogens with one attached hydrogen (secondary N) is 3. The number of aliphatic hydroxyl groups is 1. The zero-order valence-corrected chi connectivity index (χ0v) is 16.0. The average molecular weight is 380 g/mol. The minimum Gasteiger partial charge on any atom is -0.392 e. The quantitative estimate of drug-likeness (QED) is 0.619. The van der Waals surface area contributed by atoms with E-state index >= 15 is 0 Å². The van der Waals surface area contributed by atoms with Crippen molar-refractivity contribution in [3.05, 3.63) is 42.2 Å². The van der Waals surface area contributed by atoms with E-state index in [2.05, 4.69) is 20.6 Å². The Kier molecular flexibility index (Phi) is 4.69. The lowest BCUT2D eigenvalue weighted by molar-refractivity contribution is -0.127. The highest BCUT2D eigenvalue weighted by Gasteiger charge is 2.48. The van der Waals surface area contributed by atoms with Crippen molar-refractivity contribution in [3.8, 4) is 11.4 Å². The molecule has 0 saturated heterocycles. The van der Waals surface area contributed by atoms with Crippen LogP contribution in [0, 0.1) is 5.92 Å². The van der Waals surface area contributed by atoms with Gasteiger partial charge in [-0.15, -0.1) is 0 Å². The van der Waals surface area contributed by atoms with Gasteiger partial charge in [0.05, 0.1) is 12.0 Å². The van der Waals surface area contributed by atoms with Crippen molar-refractivity contribution in [1.82, 2.24) is 20.6 Å². The second kappa shape index (κ2) is 7.33. The number of nitrogens with zero attached hydrogens (tertiary/aromatic N) is 1. The van der Waals surface area contributed by atoms with Crippen molar-refractivity contribution in [3.63, 3.8) is 0 Å². The lowest BCUT2D eigenvalue weighted by atomic mass is 9.90. The van der Waals surface area contributed by atoms with Crippen molar-refractivity contribution < 1.29 is 9.90 Å². The third-order valence-corrected chi connectivity index (χ3v) is 6.54. The predicted molar refractivity (Wildman–Crippen MR) is 107 cm³/mol. The molecule has 4 atom stereocenters. The highest BCUT2D eigenvalue weighted by Crippen LogP contribution is 2.40. The van der Waals surface area contributed by atoms with E-state index in [4.69, 9.17) is 0 Å². The van der Waals surface area contributed by atoms with E-state index in [0.717, 1.165) is 29.9 Å². The Bertz CT molecular complexity index is 828. The van der Waals surface area contributed by atoms with Gasteiger partial charge in [-0.25, -0.2) is 4.98 Å². The molecule has 0 radical (unpaired) electrons. The molecule has 0 spiro atoms. The van der Waals surface area contributed by atoms with Gasteiger partial charge in [-0.1, -0.05) is 36.8 Å². The normalized spacial score (nSPS) is 30.2. The highest BCUT2D eigenvalue weighted by atomic mass is 16.3. The van der Waals surface area contributed by atoms with Gasteiger partial charge in [0, 0.05) is 41.5 Å². The Labute approximate surface area is 165 Å². The molecule has 1 amide bonds. The van der Waals surface area contributed by atoms with E-state index in [1.807, 2.05) is 36.5 Å². The van der Waals surface area contributed by atoms with Crippen LogP contribution in [0.2, 0.25) is 0 Å². The van der Waals surface area contributed by atoms with Crippen molar-refractivity contribution in [2.24, 2.45) is 5.92 Å². The fourth-order valence-corrected chi connectivity index (χ4v) is 4.54. The summed E-state index contributed by atoms with van der Waals surface area (Å²) in [5, 5.41) is 17.9. The summed E-state index contributed by atoms with van der Waals surface area (Å²) < 4.78 is 0. The van der Waals surface area contributed by atoms with E-state index in [9.17, 15) is 9.90 Å². The Hall–Kier alpha value is -2.18. The summed E-state index contributed by atoms with van der Waals surface area (Å²) in [6.45, 7) is 0. The van der Waals surface area contributed by atoms with Crippen LogP contribution in [0.15, 0.2) is 36.5 Å². The minimum absolute atomic E-state index is 0.000655. The van der Waals surface area contributed by atoms with Crippen LogP contribution in [0.3, 0.4) is 0 Å². The smallest absolute Gasteiger partial charge is 0.226 e. The van der Waals surface area contributed by atoms with Crippen LogP contribution in [0.25, 0.3) is 11.4 Å². The number of amides is 1. The molecule has 3 aliphatic carbocycles. The van der Waals surface area contributed by atoms with Crippen molar-refractivity contribution >= 4 is 5.91 Å². The van der Waals surface area contributed by atoms with Gasteiger partial charge in [0.25, 0.3) is 0 Å². The largest absolute Gasteiger partial charge is 0.392 e. The molecule has 0 bridgehead atoms. The van der Waals surface area contributed by atoms with Crippen LogP contribution in [0.4, 0.5) is 0 Å². The molecule has 28 heavy (non-hydrogen) atoms. The van der Waals surface area contributed by atoms with Gasteiger partial charge >= 0.3 is 0 Å². The number of rotatable bonds is 6. The molecule has 4 N–H and O–H groups in total. The molecule has 1 aromatic carbocycles. The number of hydrogen-bond acceptors (Lipinski definition) is 4. The summed E-state index contributed by atoms with van der Waals surface area (Å²) >= 11 is 0. The van der Waals surface area contributed by atoms with Crippen molar-refractivity contribution in [1.29, 1.82) is 0 Å². The first-order valence-corrected chi connectivity index (χ1v) is 10.5. The molecule has 1 aromatic heterocycles. The van der Waals surface area contributed by atoms with Gasteiger partial charge in [0.15, 0.2) is 0 Å². The Morgan fingerprint density at radius 3 is 2.57 bits per heavy atom. The number of aromatic amines is 1. The second-order valence-electron chi connectivity index (χ2n) is 8.60. The SMILES string of the molecule is O=C(NC1CC1)[C@H]1C[C@@H](NC2CCC2)[C@H](c2cnc(-c3ccccc3)[nH]2)[C@@H]1O. The molecule has 0 unspecified atom stereocenters. The van der Waals surface area contributed by atoms with Gasteiger partial charge in [0.1, 0.15) is 5.82 Å². The van der Waals surface area contributed by atoms with Gasteiger partial charge < -0.3 is 20.7 Å². The number of aromatic nitrogens is 2. The summed E-state index contributed by atoms with van der Waals surface area (Å²) in [6, 6.07) is 10.9. The van der Waals surface area contributed by atoms with Gasteiger partial charge in [-0.3, -0.25) is 4.79 Å². The van der Waals surface area contributed by atoms with Crippen LogP contribution in [0.5, 0.6) is 0 Å². The Balaban J connectivity index is 1.39. The average Bonchev–Trinajstić information content (AvgIpc) is 3.24. The molecule has 148 valence electrons. The Morgan fingerprint density at radius 1 is 1.11 bits per heavy atom. The number of H-pyrrole nitrogens is 1. The number of carbonyl (C=O) groups excluding carboxylic acids is 1. The Morgan fingerprint density at radius 2 is 1.89 bits per heavy atom. The van der Waals surface area contributed by atoms with Crippen LogP contribution < -0.4 is 10.6 Å². The van der Waals surface area contributed by atoms with E-state index < -0.39 is 6.10 Å². The second-order valence-corrected chi connectivity index (χ2v) is 8.60. The first-order valence-electron chi connectivity index (χ1n) is 10.5. The van der Waals surface area contributed by atoms with Crippen molar-refractivity contribution in [2.45, 2.75) is 68.7 Å². The summed E-state index contributed by atoms with van der Waals surface area (Å²) in [5.74, 6) is 0.281. The maximum absolute atomic E-state index is 12.7. The maximum atomic E-state index is 12.7. The van der Waals surface area contributed by atoms with E-state index in [-0.39, 0.29) is 23.8 Å². The lowest BCUT2D eigenvalue weighted by Crippen LogP contribution is -2.44. The molecular weight excluding hydrogens is 352 g/mol. The zero-order valence-electron chi connectivity index (χ0n) is 16.0. The molecular formula is C22H28N4O2. The van der Waals surface area contributed by atoms with Gasteiger partial charge in [0.2, 0.25) is 5.91 Å². The standard InChI is InChI=1S/C22H28N4O2/c27-20-16(22(28)25-15-9-10-15)11-17(24-14-7-4-8-14)19(20)18-12-23-21(26-18)13-5-2-1-3-6-13/h1-3,5-6,12,14-17,19-20,24,27H,4,7-11H2,(H,23,26)(H,25,28)/t16-,17+,19+,20+/m0/s1. The van der Waals surface area contributed by atoms with Gasteiger partial charge in [-0.2, -0.15) is 0 Å². The fourth-order valence-electron chi connectivity index (χ4n) is 4.54. The maximum Gasteiger partial charge on any atom is 0.226 e. The summed E-state index contributed by atoms with van der Waals surface area (Å²) in [4.78, 5) is 20.7. The molecule has 3 aliphatic rings. The highest BCUT2D eigenvalue weighted by molar-refractivity contribution is 5.80. The topological polar surface area (TPSA) is 90.0 Å². The van der Waals surface area contributed by atoms with E-state index in [1.54, 1.807) is 0 Å². The third kappa shape index (κ3) is 3.47. The molecule has 6 nitrogen and oxygen atoms in total. The van der Waals surface area contributed by atoms with Crippen LogP contribution >= 0.6 is 0 Å². The minimum atomic E-state index is -0.708. The molecule has 2 aromatic rings. The number of hydrogen-bond donors (Lipinski definition) is 4. The summed E-state index contributed by atoms with van der Waals surface area (Å²) in [5.41, 5.74) is 1.93. The van der Waals surface area contributed by atoms with E-state index in [0.29, 0.717) is 18.5 Å². The molecule has 3 fully saturated rings. The first-order chi connectivity index (χ1) is 13.7. The number of carbonyl (C=O) groups is 1. The van der Waals surface area contributed by atoms with E-state index in [1.165, 1.54) is 19.3 Å². The molecule has 0 aliphatic heterocycles. The third-order valence-electron chi connectivity index (χ3n) is 6.54. The predicted octanol–water partition coefficient (Wildman–Crippen LogP) is 2.33. The number of imidazole rings is 1. The van der Waals surface area contributed by atoms with Crippen LogP contribution in [0.1, 0.15) is 50.1 Å². The van der Waals surface area contributed by atoms with Gasteiger partial charge in [-0.05, 0) is 32.1 Å². The monoisotopic (exact) mass is 380 g/mol. The summed E-state index contributed by atoms with van der Waals surface area (Å²) in [7, 11) is 0. The number of aliphatic hydroxyl groups excluding tert-OH is 1. The fraction of sp³-hybridized carbons (Fsp3) is 0.545. The zero-order chi connectivity index (χ0) is 19.1. The molecule has 6 heteroatoms. The summed E-state index contributed by atoms with van der Waals surface area (Å²) in [6.07, 6.45) is 7.51. The lowest BCUT2D eigenvalue weighted by Gasteiger charge is -2.32. The first kappa shape index (κ1) is 17.9. The van der Waals surface area contributed by atoms with Crippen LogP contribution in [-0.4, -0.2) is 45.2 Å². The van der Waals surface area contributed by atoms with Crippen LogP contribution in [-0.2, 0) is 4.79 Å². The number of benzene rings is 1. The molecule has 1 heterocycles. The molecule has 3 saturated carbocycles. The molecule has 5 rings (SSSR count). The van der Waals surface area contributed by atoms with Crippen molar-refractivity contribution in [2.75, 3.05) is 0 Å².